The van der Waals surface area contributed by atoms with E-state index in [-0.39, 0.29) is 18.7 Å². The fourth-order valence-electron chi connectivity index (χ4n) is 3.54. The Bertz CT molecular complexity index is 829. The molecule has 1 unspecified atom stereocenters. The molecule has 2 aromatic carbocycles. The molecule has 5 heteroatoms. The largest absolute Gasteiger partial charge is 0.493 e. The molecule has 0 bridgehead atoms. The maximum Gasteiger partial charge on any atom is 0.317 e. The van der Waals surface area contributed by atoms with E-state index in [0.29, 0.717) is 18.0 Å². The highest BCUT2D eigenvalue weighted by Gasteiger charge is 2.28. The quantitative estimate of drug-likeness (QED) is 0.749. The average molecular weight is 378 g/mol. The Labute approximate surface area is 166 Å². The summed E-state index contributed by atoms with van der Waals surface area (Å²) in [6, 6.07) is 16.1. The van der Waals surface area contributed by atoms with Crippen LogP contribution in [0.2, 0.25) is 0 Å². The van der Waals surface area contributed by atoms with Gasteiger partial charge in [0.2, 0.25) is 0 Å². The van der Waals surface area contributed by atoms with Crippen molar-refractivity contribution in [3.63, 3.8) is 0 Å². The lowest BCUT2D eigenvalue weighted by Gasteiger charge is -2.25. The van der Waals surface area contributed by atoms with E-state index in [1.54, 1.807) is 7.11 Å². The van der Waals surface area contributed by atoms with Gasteiger partial charge in [-0.25, -0.2) is 4.79 Å². The zero-order valence-electron chi connectivity index (χ0n) is 16.2. The Morgan fingerprint density at radius 3 is 2.79 bits per heavy atom. The lowest BCUT2D eigenvalue weighted by atomic mass is 10.0. The zero-order chi connectivity index (χ0) is 19.8. The predicted octanol–water partition coefficient (Wildman–Crippen LogP) is 3.62. The third-order valence-corrected chi connectivity index (χ3v) is 4.93. The molecule has 1 fully saturated rings. The number of carbonyl (C=O) groups is 1. The maximum absolute atomic E-state index is 12.7. The van der Waals surface area contributed by atoms with Gasteiger partial charge in [-0.15, -0.1) is 6.42 Å². The fraction of sp³-hybridized carbons (Fsp3) is 0.348. The topological polar surface area (TPSA) is 50.8 Å². The van der Waals surface area contributed by atoms with Crippen LogP contribution in [0.1, 0.15) is 24.0 Å². The number of nitrogens with zero attached hydrogens (tertiary/aromatic N) is 1. The van der Waals surface area contributed by atoms with Gasteiger partial charge in [-0.2, -0.15) is 0 Å². The number of likely N-dealkylation sites (tertiary alicyclic amines) is 1. The Morgan fingerprint density at radius 1 is 1.21 bits per heavy atom. The first-order chi connectivity index (χ1) is 13.7. The van der Waals surface area contributed by atoms with Crippen LogP contribution < -0.4 is 14.8 Å². The van der Waals surface area contributed by atoms with Crippen LogP contribution in [0.5, 0.6) is 11.5 Å². The third kappa shape index (κ3) is 4.98. The lowest BCUT2D eigenvalue weighted by Crippen LogP contribution is -2.43. The minimum absolute atomic E-state index is 0.0275. The van der Waals surface area contributed by atoms with Crippen molar-refractivity contribution in [3.8, 4) is 23.8 Å². The van der Waals surface area contributed by atoms with Gasteiger partial charge in [-0.3, -0.25) is 0 Å². The average Bonchev–Trinajstić information content (AvgIpc) is 3.19. The molecular weight excluding hydrogens is 352 g/mol. The van der Waals surface area contributed by atoms with Gasteiger partial charge in [-0.1, -0.05) is 42.3 Å². The van der Waals surface area contributed by atoms with E-state index in [1.807, 2.05) is 41.3 Å². The summed E-state index contributed by atoms with van der Waals surface area (Å²) in [5.74, 6) is 3.64. The minimum Gasteiger partial charge on any atom is -0.493 e. The molecule has 0 radical (unpaired) electrons. The highest BCUT2D eigenvalue weighted by molar-refractivity contribution is 5.75. The summed E-state index contributed by atoms with van der Waals surface area (Å²) in [4.78, 5) is 14.7. The molecular formula is C23H26N2O3. The normalized spacial score (nSPS) is 15.7. The predicted molar refractivity (Wildman–Crippen MR) is 109 cm³/mol. The molecule has 1 heterocycles. The van der Waals surface area contributed by atoms with Gasteiger partial charge in [0.15, 0.2) is 11.5 Å². The number of rotatable bonds is 7. The molecule has 2 aromatic rings. The SMILES string of the molecule is C#CCOc1cc(CNC(=O)N2CCCC2Cc2ccccc2)ccc1OC. The van der Waals surface area contributed by atoms with Crippen molar-refractivity contribution in [2.75, 3.05) is 20.3 Å². The van der Waals surface area contributed by atoms with Gasteiger partial charge in [-0.05, 0) is 42.5 Å². The van der Waals surface area contributed by atoms with E-state index in [4.69, 9.17) is 15.9 Å². The van der Waals surface area contributed by atoms with Crippen LogP contribution in [-0.4, -0.2) is 37.2 Å². The molecule has 1 aliphatic rings. The summed E-state index contributed by atoms with van der Waals surface area (Å²) in [6.45, 7) is 1.38. The van der Waals surface area contributed by atoms with Gasteiger partial charge in [0.1, 0.15) is 6.61 Å². The van der Waals surface area contributed by atoms with E-state index in [2.05, 4.69) is 23.4 Å². The van der Waals surface area contributed by atoms with Gasteiger partial charge in [0.05, 0.1) is 7.11 Å². The van der Waals surface area contributed by atoms with Gasteiger partial charge in [0, 0.05) is 19.1 Å². The maximum atomic E-state index is 12.7. The van der Waals surface area contributed by atoms with Crippen molar-refractivity contribution in [1.29, 1.82) is 0 Å². The van der Waals surface area contributed by atoms with E-state index in [9.17, 15) is 4.79 Å². The smallest absolute Gasteiger partial charge is 0.317 e. The van der Waals surface area contributed by atoms with E-state index in [1.165, 1.54) is 5.56 Å². The number of carbonyl (C=O) groups excluding carboxylic acids is 1. The van der Waals surface area contributed by atoms with Crippen molar-refractivity contribution < 1.29 is 14.3 Å². The molecule has 0 saturated carbocycles. The number of ether oxygens (including phenoxy) is 2. The van der Waals surface area contributed by atoms with Gasteiger partial charge in [0.25, 0.3) is 0 Å². The number of hydrogen-bond acceptors (Lipinski definition) is 3. The first-order valence-electron chi connectivity index (χ1n) is 9.53. The number of urea groups is 1. The Hall–Kier alpha value is -3.13. The Kier molecular flexibility index (Phi) is 6.80. The summed E-state index contributed by atoms with van der Waals surface area (Å²) >= 11 is 0. The highest BCUT2D eigenvalue weighted by Crippen LogP contribution is 2.28. The van der Waals surface area contributed by atoms with Crippen LogP contribution in [0.3, 0.4) is 0 Å². The first kappa shape index (κ1) is 19.6. The molecule has 1 N–H and O–H groups in total. The second-order valence-electron chi connectivity index (χ2n) is 6.82. The molecule has 0 aliphatic carbocycles. The molecule has 5 nitrogen and oxygen atoms in total. The van der Waals surface area contributed by atoms with E-state index in [0.717, 1.165) is 31.4 Å². The number of nitrogens with one attached hydrogen (secondary N) is 1. The number of terminal acetylenes is 1. The van der Waals surface area contributed by atoms with Crippen LogP contribution in [-0.2, 0) is 13.0 Å². The number of hydrogen-bond donors (Lipinski definition) is 1. The van der Waals surface area contributed by atoms with Crippen LogP contribution in [0, 0.1) is 12.3 Å². The first-order valence-corrected chi connectivity index (χ1v) is 9.53. The van der Waals surface area contributed by atoms with Gasteiger partial charge >= 0.3 is 6.03 Å². The Morgan fingerprint density at radius 2 is 2.04 bits per heavy atom. The molecule has 1 atom stereocenters. The van der Waals surface area contributed by atoms with E-state index < -0.39 is 0 Å². The van der Waals surface area contributed by atoms with Crippen molar-refractivity contribution in [2.24, 2.45) is 0 Å². The van der Waals surface area contributed by atoms with Gasteiger partial charge < -0.3 is 19.7 Å². The standard InChI is InChI=1S/C23H26N2O3/c1-3-14-28-22-16-19(11-12-21(22)27-2)17-24-23(26)25-13-7-10-20(25)15-18-8-5-4-6-9-18/h1,4-6,8-9,11-12,16,20H,7,10,13-15,17H2,2H3,(H,24,26). The van der Waals surface area contributed by atoms with Crippen molar-refractivity contribution >= 4 is 6.03 Å². The van der Waals surface area contributed by atoms with Crippen molar-refractivity contribution in [2.45, 2.75) is 31.8 Å². The molecule has 146 valence electrons. The minimum atomic E-state index is -0.0275. The van der Waals surface area contributed by atoms with Crippen LogP contribution in [0.15, 0.2) is 48.5 Å². The van der Waals surface area contributed by atoms with Crippen LogP contribution in [0.25, 0.3) is 0 Å². The second-order valence-corrected chi connectivity index (χ2v) is 6.82. The Balaban J connectivity index is 1.59. The highest BCUT2D eigenvalue weighted by atomic mass is 16.5. The molecule has 2 amide bonds. The summed E-state index contributed by atoms with van der Waals surface area (Å²) in [5.41, 5.74) is 2.19. The summed E-state index contributed by atoms with van der Waals surface area (Å²) in [5, 5.41) is 3.03. The summed E-state index contributed by atoms with van der Waals surface area (Å²) < 4.78 is 10.8. The molecule has 0 spiro atoms. The fourth-order valence-corrected chi connectivity index (χ4v) is 3.54. The molecule has 0 aromatic heterocycles. The summed E-state index contributed by atoms with van der Waals surface area (Å²) in [7, 11) is 1.58. The van der Waals surface area contributed by atoms with Crippen molar-refractivity contribution in [1.82, 2.24) is 10.2 Å². The molecule has 1 saturated heterocycles. The number of amides is 2. The third-order valence-electron chi connectivity index (χ3n) is 4.93. The van der Waals surface area contributed by atoms with Crippen LogP contribution in [0.4, 0.5) is 4.79 Å². The molecule has 3 rings (SSSR count). The lowest BCUT2D eigenvalue weighted by molar-refractivity contribution is 0.192. The molecule has 28 heavy (non-hydrogen) atoms. The number of benzene rings is 2. The van der Waals surface area contributed by atoms with Crippen molar-refractivity contribution in [3.05, 3.63) is 59.7 Å². The number of methoxy groups -OCH3 is 1. The molecule has 1 aliphatic heterocycles. The second kappa shape index (κ2) is 9.70. The van der Waals surface area contributed by atoms with Crippen LogP contribution >= 0.6 is 0 Å². The van der Waals surface area contributed by atoms with E-state index >= 15 is 0 Å². The summed E-state index contributed by atoms with van der Waals surface area (Å²) in [6.07, 6.45) is 8.23. The zero-order valence-corrected chi connectivity index (χ0v) is 16.2. The monoisotopic (exact) mass is 378 g/mol.